The number of anilines is 1. The smallest absolute Gasteiger partial charge is 0.313 e. The highest BCUT2D eigenvalue weighted by atomic mass is 16.3. The van der Waals surface area contributed by atoms with E-state index in [1.807, 2.05) is 18.2 Å². The van der Waals surface area contributed by atoms with Crippen molar-refractivity contribution >= 4 is 28.4 Å². The third kappa shape index (κ3) is 3.61. The number of benzene rings is 2. The molecule has 1 aromatic heterocycles. The summed E-state index contributed by atoms with van der Waals surface area (Å²) in [6, 6.07) is 16.2. The number of aromatic amines is 1. The van der Waals surface area contributed by atoms with Crippen molar-refractivity contribution in [3.05, 3.63) is 66.4 Å². The highest BCUT2D eigenvalue weighted by Gasteiger charge is 2.16. The van der Waals surface area contributed by atoms with E-state index in [9.17, 15) is 14.7 Å². The summed E-state index contributed by atoms with van der Waals surface area (Å²) in [4.78, 5) is 26.8. The molecule has 6 heteroatoms. The Hall–Kier alpha value is -3.12. The van der Waals surface area contributed by atoms with Gasteiger partial charge in [0, 0.05) is 23.9 Å². The van der Waals surface area contributed by atoms with Crippen LogP contribution < -0.4 is 10.6 Å². The maximum atomic E-state index is 11.9. The zero-order valence-corrected chi connectivity index (χ0v) is 12.8. The lowest BCUT2D eigenvalue weighted by atomic mass is 10.1. The number of aromatic nitrogens is 1. The van der Waals surface area contributed by atoms with Gasteiger partial charge in [0.1, 0.15) is 0 Å². The van der Waals surface area contributed by atoms with E-state index in [0.717, 1.165) is 10.9 Å². The molecule has 0 bridgehead atoms. The summed E-state index contributed by atoms with van der Waals surface area (Å²) >= 11 is 0. The van der Waals surface area contributed by atoms with Gasteiger partial charge in [-0.3, -0.25) is 9.59 Å². The third-order valence-corrected chi connectivity index (χ3v) is 3.66. The third-order valence-electron chi connectivity index (χ3n) is 3.66. The van der Waals surface area contributed by atoms with Crippen molar-refractivity contribution in [2.75, 3.05) is 11.9 Å². The summed E-state index contributed by atoms with van der Waals surface area (Å²) in [5.74, 6) is -1.57. The molecule has 24 heavy (non-hydrogen) atoms. The largest absolute Gasteiger partial charge is 0.387 e. The molecule has 1 heterocycles. The number of aliphatic hydroxyl groups is 1. The van der Waals surface area contributed by atoms with Gasteiger partial charge in [-0.25, -0.2) is 0 Å². The van der Waals surface area contributed by atoms with Crippen LogP contribution in [0.15, 0.2) is 60.8 Å². The van der Waals surface area contributed by atoms with Gasteiger partial charge in [0.15, 0.2) is 0 Å². The fourth-order valence-corrected chi connectivity index (χ4v) is 2.38. The molecule has 6 nitrogen and oxygen atoms in total. The maximum Gasteiger partial charge on any atom is 0.313 e. The minimum Gasteiger partial charge on any atom is -0.387 e. The number of aliphatic hydroxyl groups excluding tert-OH is 1. The first-order chi connectivity index (χ1) is 11.6. The van der Waals surface area contributed by atoms with Crippen LogP contribution in [0.5, 0.6) is 0 Å². The van der Waals surface area contributed by atoms with Gasteiger partial charge in [0.05, 0.1) is 6.10 Å². The first-order valence-electron chi connectivity index (χ1n) is 7.53. The van der Waals surface area contributed by atoms with Crippen molar-refractivity contribution in [1.82, 2.24) is 10.3 Å². The average molecular weight is 323 g/mol. The molecule has 0 radical (unpaired) electrons. The number of rotatable bonds is 4. The first kappa shape index (κ1) is 15.8. The second kappa shape index (κ2) is 6.97. The predicted octanol–water partition coefficient (Wildman–Crippen LogP) is 1.96. The van der Waals surface area contributed by atoms with Gasteiger partial charge in [-0.05, 0) is 29.1 Å². The molecule has 0 fully saturated rings. The van der Waals surface area contributed by atoms with Gasteiger partial charge in [-0.15, -0.1) is 0 Å². The number of carbonyl (C=O) groups is 2. The van der Waals surface area contributed by atoms with Gasteiger partial charge in [0.25, 0.3) is 0 Å². The summed E-state index contributed by atoms with van der Waals surface area (Å²) < 4.78 is 0. The van der Waals surface area contributed by atoms with E-state index in [-0.39, 0.29) is 6.54 Å². The van der Waals surface area contributed by atoms with Gasteiger partial charge >= 0.3 is 11.8 Å². The number of fused-ring (bicyclic) bond motifs is 1. The number of H-pyrrole nitrogens is 1. The van der Waals surface area contributed by atoms with Crippen LogP contribution in [0.2, 0.25) is 0 Å². The minimum absolute atomic E-state index is 0.0358. The molecule has 0 spiro atoms. The molecule has 0 aliphatic rings. The second-order valence-corrected chi connectivity index (χ2v) is 5.37. The zero-order chi connectivity index (χ0) is 16.9. The summed E-state index contributed by atoms with van der Waals surface area (Å²) in [5, 5.41) is 16.0. The molecule has 0 unspecified atom stereocenters. The van der Waals surface area contributed by atoms with Crippen molar-refractivity contribution in [2.45, 2.75) is 6.10 Å². The van der Waals surface area contributed by atoms with Crippen LogP contribution in [0.4, 0.5) is 5.69 Å². The number of carbonyl (C=O) groups excluding carboxylic acids is 2. The van der Waals surface area contributed by atoms with Crippen molar-refractivity contribution < 1.29 is 14.7 Å². The standard InChI is InChI=1S/C18H17N3O3/c22-16(13-4-2-1-3-5-13)11-20-17(23)18(24)21-14-7-6-12-8-9-19-15(12)10-14/h1-10,16,19,22H,11H2,(H,20,23)(H,21,24)/t16-/m0/s1. The highest BCUT2D eigenvalue weighted by molar-refractivity contribution is 6.39. The van der Waals surface area contributed by atoms with Crippen molar-refractivity contribution in [3.8, 4) is 0 Å². The molecular formula is C18H17N3O3. The van der Waals surface area contributed by atoms with E-state index in [1.54, 1.807) is 42.6 Å². The summed E-state index contributed by atoms with van der Waals surface area (Å²) in [6.07, 6.45) is 0.937. The van der Waals surface area contributed by atoms with Gasteiger partial charge in [0.2, 0.25) is 0 Å². The SMILES string of the molecule is O=C(NC[C@H](O)c1ccccc1)C(=O)Nc1ccc2cc[nH]c2c1. The Morgan fingerprint density at radius 1 is 1.04 bits per heavy atom. The van der Waals surface area contributed by atoms with E-state index in [4.69, 9.17) is 0 Å². The van der Waals surface area contributed by atoms with Gasteiger partial charge in [-0.2, -0.15) is 0 Å². The van der Waals surface area contributed by atoms with Crippen LogP contribution in [0, 0.1) is 0 Å². The Bertz CT molecular complexity index is 858. The number of nitrogens with one attached hydrogen (secondary N) is 3. The maximum absolute atomic E-state index is 11.9. The fourth-order valence-electron chi connectivity index (χ4n) is 2.38. The average Bonchev–Trinajstić information content (AvgIpc) is 3.07. The summed E-state index contributed by atoms with van der Waals surface area (Å²) in [5.41, 5.74) is 2.07. The van der Waals surface area contributed by atoms with Crippen LogP contribution >= 0.6 is 0 Å². The minimum atomic E-state index is -0.863. The normalized spacial score (nSPS) is 11.9. The van der Waals surface area contributed by atoms with Crippen LogP contribution in [0.3, 0.4) is 0 Å². The summed E-state index contributed by atoms with van der Waals surface area (Å²) in [6.45, 7) is -0.0358. The molecule has 2 aromatic carbocycles. The lowest BCUT2D eigenvalue weighted by molar-refractivity contribution is -0.136. The molecule has 0 saturated heterocycles. The fraction of sp³-hybridized carbons (Fsp3) is 0.111. The van der Waals surface area contributed by atoms with Crippen LogP contribution in [0.1, 0.15) is 11.7 Å². The number of hydrogen-bond acceptors (Lipinski definition) is 3. The molecular weight excluding hydrogens is 306 g/mol. The van der Waals surface area contributed by atoms with E-state index in [0.29, 0.717) is 11.3 Å². The Kier molecular flexibility index (Phi) is 4.58. The highest BCUT2D eigenvalue weighted by Crippen LogP contribution is 2.17. The molecule has 0 aliphatic carbocycles. The quantitative estimate of drug-likeness (QED) is 0.553. The van der Waals surface area contributed by atoms with Gasteiger partial charge < -0.3 is 20.7 Å². The lowest BCUT2D eigenvalue weighted by Gasteiger charge is -2.12. The Morgan fingerprint density at radius 3 is 2.62 bits per heavy atom. The first-order valence-corrected chi connectivity index (χ1v) is 7.53. The van der Waals surface area contributed by atoms with E-state index in [1.165, 1.54) is 0 Å². The van der Waals surface area contributed by atoms with Crippen LogP contribution in [0.25, 0.3) is 10.9 Å². The number of hydrogen-bond donors (Lipinski definition) is 4. The van der Waals surface area contributed by atoms with Crippen molar-refractivity contribution in [3.63, 3.8) is 0 Å². The Balaban J connectivity index is 1.55. The summed E-state index contributed by atoms with van der Waals surface area (Å²) in [7, 11) is 0. The van der Waals surface area contributed by atoms with Gasteiger partial charge in [-0.1, -0.05) is 36.4 Å². The second-order valence-electron chi connectivity index (χ2n) is 5.37. The molecule has 3 rings (SSSR count). The molecule has 3 aromatic rings. The molecule has 4 N–H and O–H groups in total. The molecule has 0 saturated carbocycles. The Labute approximate surface area is 138 Å². The van der Waals surface area contributed by atoms with Crippen molar-refractivity contribution in [2.24, 2.45) is 0 Å². The lowest BCUT2D eigenvalue weighted by Crippen LogP contribution is -2.37. The molecule has 1 atom stereocenters. The van der Waals surface area contributed by atoms with Crippen LogP contribution in [-0.2, 0) is 9.59 Å². The monoisotopic (exact) mass is 323 g/mol. The van der Waals surface area contributed by atoms with E-state index in [2.05, 4.69) is 15.6 Å². The topological polar surface area (TPSA) is 94.2 Å². The molecule has 122 valence electrons. The number of amides is 2. The Morgan fingerprint density at radius 2 is 1.83 bits per heavy atom. The predicted molar refractivity (Wildman–Crippen MR) is 91.3 cm³/mol. The van der Waals surface area contributed by atoms with E-state index >= 15 is 0 Å². The molecule has 2 amide bonds. The van der Waals surface area contributed by atoms with E-state index < -0.39 is 17.9 Å². The van der Waals surface area contributed by atoms with Crippen molar-refractivity contribution in [1.29, 1.82) is 0 Å². The molecule has 0 aliphatic heterocycles. The van der Waals surface area contributed by atoms with Crippen LogP contribution in [-0.4, -0.2) is 28.4 Å². The zero-order valence-electron chi connectivity index (χ0n) is 12.8.